The van der Waals surface area contributed by atoms with Crippen LogP contribution in [0.3, 0.4) is 0 Å². The van der Waals surface area contributed by atoms with Crippen LogP contribution in [0.1, 0.15) is 15.9 Å². The van der Waals surface area contributed by atoms with E-state index >= 15 is 0 Å². The van der Waals surface area contributed by atoms with Crippen molar-refractivity contribution in [1.29, 1.82) is 0 Å². The summed E-state index contributed by atoms with van der Waals surface area (Å²) in [7, 11) is 0. The van der Waals surface area contributed by atoms with Crippen LogP contribution in [-0.2, 0) is 4.79 Å². The number of para-hydroxylation sites is 1. The average molecular weight is 284 g/mol. The molecule has 0 aromatic heterocycles. The van der Waals surface area contributed by atoms with Crippen LogP contribution < -0.4 is 10.6 Å². The lowest BCUT2D eigenvalue weighted by atomic mass is 10.2. The van der Waals surface area contributed by atoms with Crippen LogP contribution in [0, 0.1) is 6.92 Å². The van der Waals surface area contributed by atoms with Crippen LogP contribution >= 0.6 is 0 Å². The Bertz CT molecular complexity index is 668. The molecule has 0 saturated carbocycles. The fourth-order valence-electron chi connectivity index (χ4n) is 1.91. The van der Waals surface area contributed by atoms with E-state index < -0.39 is 5.97 Å². The van der Waals surface area contributed by atoms with Crippen molar-refractivity contribution in [3.8, 4) is 0 Å². The summed E-state index contributed by atoms with van der Waals surface area (Å²) in [4.78, 5) is 22.9. The van der Waals surface area contributed by atoms with Gasteiger partial charge in [-0.3, -0.25) is 4.79 Å². The Morgan fingerprint density at radius 3 is 2.57 bits per heavy atom. The summed E-state index contributed by atoms with van der Waals surface area (Å²) in [6, 6.07) is 14.0. The molecule has 0 saturated heterocycles. The van der Waals surface area contributed by atoms with E-state index in [2.05, 4.69) is 10.6 Å². The number of rotatable bonds is 5. The molecular weight excluding hydrogens is 268 g/mol. The average Bonchev–Trinajstić information content (AvgIpc) is 2.45. The number of hydrogen-bond donors (Lipinski definition) is 3. The molecule has 0 atom stereocenters. The van der Waals surface area contributed by atoms with Crippen LogP contribution in [0.4, 0.5) is 11.4 Å². The SMILES string of the molecule is Cc1cccc(NCC(=O)Nc2ccccc2C(=O)O)c1. The third-order valence-corrected chi connectivity index (χ3v) is 2.90. The Balaban J connectivity index is 1.98. The first-order valence-electron chi connectivity index (χ1n) is 6.49. The molecule has 21 heavy (non-hydrogen) atoms. The van der Waals surface area contributed by atoms with Gasteiger partial charge in [-0.1, -0.05) is 24.3 Å². The lowest BCUT2D eigenvalue weighted by Crippen LogP contribution is -2.22. The van der Waals surface area contributed by atoms with E-state index in [1.165, 1.54) is 6.07 Å². The first kappa shape index (κ1) is 14.6. The zero-order chi connectivity index (χ0) is 15.2. The molecule has 0 unspecified atom stereocenters. The van der Waals surface area contributed by atoms with Crippen molar-refractivity contribution < 1.29 is 14.7 Å². The molecule has 0 bridgehead atoms. The fraction of sp³-hybridized carbons (Fsp3) is 0.125. The van der Waals surface area contributed by atoms with Gasteiger partial charge in [0, 0.05) is 5.69 Å². The molecule has 2 rings (SSSR count). The second-order valence-electron chi connectivity index (χ2n) is 4.62. The number of aryl methyl sites for hydroxylation is 1. The predicted octanol–water partition coefficient (Wildman–Crippen LogP) is 2.74. The number of carboxylic acids is 1. The molecule has 0 spiro atoms. The fourth-order valence-corrected chi connectivity index (χ4v) is 1.91. The van der Waals surface area contributed by atoms with Crippen LogP contribution in [0.2, 0.25) is 0 Å². The molecule has 0 heterocycles. The molecule has 5 nitrogen and oxygen atoms in total. The van der Waals surface area contributed by atoms with Gasteiger partial charge in [-0.25, -0.2) is 4.79 Å². The van der Waals surface area contributed by atoms with E-state index in [0.717, 1.165) is 11.3 Å². The highest BCUT2D eigenvalue weighted by molar-refractivity contribution is 6.01. The van der Waals surface area contributed by atoms with E-state index in [1.807, 2.05) is 31.2 Å². The van der Waals surface area contributed by atoms with E-state index in [9.17, 15) is 9.59 Å². The van der Waals surface area contributed by atoms with Gasteiger partial charge in [0.2, 0.25) is 5.91 Å². The maximum atomic E-state index is 11.9. The lowest BCUT2D eigenvalue weighted by Gasteiger charge is -2.10. The smallest absolute Gasteiger partial charge is 0.337 e. The van der Waals surface area contributed by atoms with E-state index in [1.54, 1.807) is 18.2 Å². The van der Waals surface area contributed by atoms with Gasteiger partial charge in [0.25, 0.3) is 0 Å². The summed E-state index contributed by atoms with van der Waals surface area (Å²) in [5, 5.41) is 14.6. The monoisotopic (exact) mass is 284 g/mol. The first-order valence-corrected chi connectivity index (χ1v) is 6.49. The van der Waals surface area contributed by atoms with Crippen LogP contribution in [0.15, 0.2) is 48.5 Å². The molecule has 0 aliphatic heterocycles. The number of anilines is 2. The van der Waals surface area contributed by atoms with Crippen molar-refractivity contribution in [2.45, 2.75) is 6.92 Å². The van der Waals surface area contributed by atoms with Crippen LogP contribution in [0.5, 0.6) is 0 Å². The molecular formula is C16H16N2O3. The third-order valence-electron chi connectivity index (χ3n) is 2.90. The largest absolute Gasteiger partial charge is 0.478 e. The summed E-state index contributed by atoms with van der Waals surface area (Å²) < 4.78 is 0. The summed E-state index contributed by atoms with van der Waals surface area (Å²) in [6.45, 7) is 2.03. The number of hydrogen-bond acceptors (Lipinski definition) is 3. The van der Waals surface area contributed by atoms with Gasteiger partial charge in [0.05, 0.1) is 17.8 Å². The number of aromatic carboxylic acids is 1. The van der Waals surface area contributed by atoms with Crippen molar-refractivity contribution in [3.05, 3.63) is 59.7 Å². The Morgan fingerprint density at radius 2 is 1.86 bits per heavy atom. The van der Waals surface area contributed by atoms with Gasteiger partial charge in [-0.05, 0) is 36.8 Å². The van der Waals surface area contributed by atoms with Gasteiger partial charge >= 0.3 is 5.97 Å². The Hall–Kier alpha value is -2.82. The van der Waals surface area contributed by atoms with Gasteiger partial charge in [-0.15, -0.1) is 0 Å². The minimum Gasteiger partial charge on any atom is -0.478 e. The molecule has 0 aliphatic rings. The maximum Gasteiger partial charge on any atom is 0.337 e. The van der Waals surface area contributed by atoms with Crippen LogP contribution in [0.25, 0.3) is 0 Å². The number of carboxylic acid groups (broad SMARTS) is 1. The number of benzene rings is 2. The van der Waals surface area contributed by atoms with E-state index in [-0.39, 0.29) is 18.0 Å². The number of carbonyl (C=O) groups is 2. The minimum atomic E-state index is -1.07. The van der Waals surface area contributed by atoms with Crippen LogP contribution in [-0.4, -0.2) is 23.5 Å². The van der Waals surface area contributed by atoms with E-state index in [0.29, 0.717) is 5.69 Å². The van der Waals surface area contributed by atoms with E-state index in [4.69, 9.17) is 5.11 Å². The molecule has 108 valence electrons. The van der Waals surface area contributed by atoms with Crippen molar-refractivity contribution >= 4 is 23.3 Å². The molecule has 5 heteroatoms. The standard InChI is InChI=1S/C16H16N2O3/c1-11-5-4-6-12(9-11)17-10-15(19)18-14-8-3-2-7-13(14)16(20)21/h2-9,17H,10H2,1H3,(H,18,19)(H,20,21). The minimum absolute atomic E-state index is 0.0669. The highest BCUT2D eigenvalue weighted by Crippen LogP contribution is 2.15. The van der Waals surface area contributed by atoms with Gasteiger partial charge < -0.3 is 15.7 Å². The molecule has 2 aromatic carbocycles. The zero-order valence-corrected chi connectivity index (χ0v) is 11.6. The normalized spacial score (nSPS) is 9.95. The number of nitrogens with one attached hydrogen (secondary N) is 2. The number of carbonyl (C=O) groups excluding carboxylic acids is 1. The quantitative estimate of drug-likeness (QED) is 0.789. The molecule has 0 fully saturated rings. The topological polar surface area (TPSA) is 78.4 Å². The number of amides is 1. The van der Waals surface area contributed by atoms with Gasteiger partial charge in [0.15, 0.2) is 0 Å². The van der Waals surface area contributed by atoms with Gasteiger partial charge in [0.1, 0.15) is 0 Å². The Morgan fingerprint density at radius 1 is 1.10 bits per heavy atom. The summed E-state index contributed by atoms with van der Waals surface area (Å²) in [6.07, 6.45) is 0. The lowest BCUT2D eigenvalue weighted by molar-refractivity contribution is -0.114. The molecule has 0 radical (unpaired) electrons. The predicted molar refractivity (Wildman–Crippen MR) is 81.7 cm³/mol. The zero-order valence-electron chi connectivity index (χ0n) is 11.6. The van der Waals surface area contributed by atoms with Crippen molar-refractivity contribution in [1.82, 2.24) is 0 Å². The maximum absolute atomic E-state index is 11.9. The Kier molecular flexibility index (Phi) is 4.56. The van der Waals surface area contributed by atoms with Crippen molar-refractivity contribution in [2.24, 2.45) is 0 Å². The second-order valence-corrected chi connectivity index (χ2v) is 4.62. The molecule has 0 aliphatic carbocycles. The molecule has 2 aromatic rings. The second kappa shape index (κ2) is 6.56. The van der Waals surface area contributed by atoms with Crippen molar-refractivity contribution in [3.63, 3.8) is 0 Å². The summed E-state index contributed by atoms with van der Waals surface area (Å²) >= 11 is 0. The third kappa shape index (κ3) is 4.07. The first-order chi connectivity index (χ1) is 10.1. The molecule has 3 N–H and O–H groups in total. The highest BCUT2D eigenvalue weighted by atomic mass is 16.4. The van der Waals surface area contributed by atoms with Gasteiger partial charge in [-0.2, -0.15) is 0 Å². The summed E-state index contributed by atoms with van der Waals surface area (Å²) in [5.74, 6) is -1.37. The Labute approximate surface area is 122 Å². The highest BCUT2D eigenvalue weighted by Gasteiger charge is 2.11. The summed E-state index contributed by atoms with van der Waals surface area (Å²) in [5.41, 5.74) is 2.30. The van der Waals surface area contributed by atoms with Crippen molar-refractivity contribution in [2.75, 3.05) is 17.2 Å². The molecule has 1 amide bonds.